The van der Waals surface area contributed by atoms with Crippen LogP contribution in [0.25, 0.3) is 5.57 Å². The fourth-order valence-corrected chi connectivity index (χ4v) is 2.78. The van der Waals surface area contributed by atoms with Crippen LogP contribution in [0.15, 0.2) is 97.1 Å². The highest BCUT2D eigenvalue weighted by molar-refractivity contribution is 5.80. The Kier molecular flexibility index (Phi) is 5.60. The Hall–Kier alpha value is -2.64. The van der Waals surface area contributed by atoms with Crippen LogP contribution in [0, 0.1) is 0 Å². The molecular weight excluding hydrogens is 290 g/mol. The van der Waals surface area contributed by atoms with Crippen molar-refractivity contribution in [3.05, 3.63) is 114 Å². The summed E-state index contributed by atoms with van der Waals surface area (Å²) in [5.74, 6) is 0. The van der Waals surface area contributed by atoms with Gasteiger partial charge in [-0.25, -0.2) is 0 Å². The highest BCUT2D eigenvalue weighted by Crippen LogP contribution is 2.23. The van der Waals surface area contributed by atoms with Crippen molar-refractivity contribution >= 4 is 5.57 Å². The minimum absolute atomic E-state index is 0.278. The van der Waals surface area contributed by atoms with Crippen LogP contribution in [0.1, 0.15) is 23.6 Å². The molecule has 3 rings (SSSR count). The van der Waals surface area contributed by atoms with Gasteiger partial charge in [-0.3, -0.25) is 0 Å². The zero-order valence-electron chi connectivity index (χ0n) is 14.0. The van der Waals surface area contributed by atoms with E-state index in [1.165, 1.54) is 22.3 Å². The molecule has 0 aliphatic carbocycles. The Morgan fingerprint density at radius 3 is 1.71 bits per heavy atom. The second kappa shape index (κ2) is 8.28. The topological polar surface area (TPSA) is 12.0 Å². The van der Waals surface area contributed by atoms with E-state index in [1.54, 1.807) is 0 Å². The van der Waals surface area contributed by atoms with Gasteiger partial charge in [0.05, 0.1) is 0 Å². The molecule has 0 radical (unpaired) electrons. The molecular formula is C23H23N. The van der Waals surface area contributed by atoms with Gasteiger partial charge in [0, 0.05) is 12.6 Å². The van der Waals surface area contributed by atoms with Gasteiger partial charge in [0.15, 0.2) is 0 Å². The second-order valence-electron chi connectivity index (χ2n) is 5.97. The third-order valence-corrected chi connectivity index (χ3v) is 4.06. The summed E-state index contributed by atoms with van der Waals surface area (Å²) in [5, 5.41) is 3.59. The van der Waals surface area contributed by atoms with E-state index >= 15 is 0 Å². The van der Waals surface area contributed by atoms with Crippen LogP contribution < -0.4 is 5.32 Å². The molecule has 0 bridgehead atoms. The van der Waals surface area contributed by atoms with Gasteiger partial charge in [-0.05, 0) is 29.2 Å². The highest BCUT2D eigenvalue weighted by Gasteiger charge is 2.07. The number of hydrogen-bond acceptors (Lipinski definition) is 1. The zero-order valence-corrected chi connectivity index (χ0v) is 14.0. The first-order valence-corrected chi connectivity index (χ1v) is 8.43. The summed E-state index contributed by atoms with van der Waals surface area (Å²) in [6.07, 6.45) is 2.31. The summed E-state index contributed by atoms with van der Waals surface area (Å²) < 4.78 is 0. The lowest BCUT2D eigenvalue weighted by molar-refractivity contribution is 0.634. The standard InChI is InChI=1S/C23H23N/c1-19(24-18-20-11-5-2-6-12-20)17-23(21-13-7-3-8-14-21)22-15-9-4-10-16-22/h2-17,19,24H,18H2,1H3/t19-/m1/s1. The van der Waals surface area contributed by atoms with E-state index in [9.17, 15) is 0 Å². The molecule has 24 heavy (non-hydrogen) atoms. The smallest absolute Gasteiger partial charge is 0.0234 e. The van der Waals surface area contributed by atoms with E-state index in [4.69, 9.17) is 0 Å². The van der Waals surface area contributed by atoms with Crippen molar-refractivity contribution in [2.45, 2.75) is 19.5 Å². The summed E-state index contributed by atoms with van der Waals surface area (Å²) >= 11 is 0. The third-order valence-electron chi connectivity index (χ3n) is 4.06. The lowest BCUT2D eigenvalue weighted by atomic mass is 9.96. The molecule has 3 aromatic rings. The van der Waals surface area contributed by atoms with Gasteiger partial charge in [0.25, 0.3) is 0 Å². The van der Waals surface area contributed by atoms with E-state index in [0.717, 1.165) is 6.54 Å². The second-order valence-corrected chi connectivity index (χ2v) is 5.97. The van der Waals surface area contributed by atoms with Crippen LogP contribution in [0.2, 0.25) is 0 Å². The monoisotopic (exact) mass is 313 g/mol. The highest BCUT2D eigenvalue weighted by atomic mass is 14.9. The Bertz CT molecular complexity index is 719. The molecule has 0 unspecified atom stereocenters. The maximum absolute atomic E-state index is 3.59. The molecule has 1 heteroatoms. The zero-order chi connectivity index (χ0) is 16.6. The molecule has 0 aliphatic rings. The van der Waals surface area contributed by atoms with Crippen molar-refractivity contribution in [1.82, 2.24) is 5.32 Å². The van der Waals surface area contributed by atoms with Crippen LogP contribution in [0.3, 0.4) is 0 Å². The summed E-state index contributed by atoms with van der Waals surface area (Å²) in [6, 6.07) is 32.0. The maximum atomic E-state index is 3.59. The molecule has 0 amide bonds. The molecule has 120 valence electrons. The molecule has 0 heterocycles. The minimum Gasteiger partial charge on any atom is -0.307 e. The molecule has 0 saturated carbocycles. The van der Waals surface area contributed by atoms with Crippen molar-refractivity contribution < 1.29 is 0 Å². The predicted molar refractivity (Wildman–Crippen MR) is 103 cm³/mol. The summed E-state index contributed by atoms with van der Waals surface area (Å²) in [7, 11) is 0. The molecule has 1 nitrogen and oxygen atoms in total. The van der Waals surface area contributed by atoms with Crippen molar-refractivity contribution in [3.8, 4) is 0 Å². The van der Waals surface area contributed by atoms with Crippen LogP contribution in [0.5, 0.6) is 0 Å². The van der Waals surface area contributed by atoms with Crippen molar-refractivity contribution in [2.24, 2.45) is 0 Å². The van der Waals surface area contributed by atoms with E-state index in [1.807, 2.05) is 0 Å². The SMILES string of the molecule is C[C@H](C=C(c1ccccc1)c1ccccc1)NCc1ccccc1. The molecule has 1 N–H and O–H groups in total. The first kappa shape index (κ1) is 16.2. The van der Waals surface area contributed by atoms with E-state index in [-0.39, 0.29) is 6.04 Å². The normalized spacial score (nSPS) is 11.7. The van der Waals surface area contributed by atoms with Crippen LogP contribution in [-0.4, -0.2) is 6.04 Å². The molecule has 0 aliphatic heterocycles. The fraction of sp³-hybridized carbons (Fsp3) is 0.130. The molecule has 3 aromatic carbocycles. The molecule has 0 aromatic heterocycles. The van der Waals surface area contributed by atoms with Crippen molar-refractivity contribution in [3.63, 3.8) is 0 Å². The van der Waals surface area contributed by atoms with Gasteiger partial charge in [-0.1, -0.05) is 97.1 Å². The lowest BCUT2D eigenvalue weighted by Crippen LogP contribution is -2.23. The number of rotatable bonds is 6. The molecule has 0 spiro atoms. The Morgan fingerprint density at radius 2 is 1.21 bits per heavy atom. The lowest BCUT2D eigenvalue weighted by Gasteiger charge is -2.14. The molecule has 0 saturated heterocycles. The minimum atomic E-state index is 0.278. The van der Waals surface area contributed by atoms with Crippen LogP contribution in [-0.2, 0) is 6.54 Å². The number of hydrogen-bond donors (Lipinski definition) is 1. The van der Waals surface area contributed by atoms with Gasteiger partial charge in [0.1, 0.15) is 0 Å². The van der Waals surface area contributed by atoms with E-state index in [0.29, 0.717) is 0 Å². The maximum Gasteiger partial charge on any atom is 0.0234 e. The largest absolute Gasteiger partial charge is 0.307 e. The first-order valence-electron chi connectivity index (χ1n) is 8.43. The van der Waals surface area contributed by atoms with Gasteiger partial charge < -0.3 is 5.32 Å². The van der Waals surface area contributed by atoms with Gasteiger partial charge in [-0.15, -0.1) is 0 Å². The number of benzene rings is 3. The number of nitrogens with one attached hydrogen (secondary N) is 1. The molecule has 0 fully saturated rings. The van der Waals surface area contributed by atoms with Crippen LogP contribution >= 0.6 is 0 Å². The first-order chi connectivity index (χ1) is 11.8. The Balaban J connectivity index is 1.81. The summed E-state index contributed by atoms with van der Waals surface area (Å²) in [4.78, 5) is 0. The Labute approximate surface area is 144 Å². The quantitative estimate of drug-likeness (QED) is 0.651. The van der Waals surface area contributed by atoms with E-state index < -0.39 is 0 Å². The van der Waals surface area contributed by atoms with Gasteiger partial charge >= 0.3 is 0 Å². The summed E-state index contributed by atoms with van der Waals surface area (Å²) in [5.41, 5.74) is 5.07. The van der Waals surface area contributed by atoms with Gasteiger partial charge in [0.2, 0.25) is 0 Å². The van der Waals surface area contributed by atoms with Crippen molar-refractivity contribution in [2.75, 3.05) is 0 Å². The van der Waals surface area contributed by atoms with E-state index in [2.05, 4.69) is 109 Å². The summed E-state index contributed by atoms with van der Waals surface area (Å²) in [6.45, 7) is 3.07. The van der Waals surface area contributed by atoms with Crippen molar-refractivity contribution in [1.29, 1.82) is 0 Å². The average Bonchev–Trinajstić information content (AvgIpc) is 2.67. The third kappa shape index (κ3) is 4.43. The van der Waals surface area contributed by atoms with Gasteiger partial charge in [-0.2, -0.15) is 0 Å². The molecule has 1 atom stereocenters. The average molecular weight is 313 g/mol. The Morgan fingerprint density at radius 1 is 0.750 bits per heavy atom. The fourth-order valence-electron chi connectivity index (χ4n) is 2.78. The predicted octanol–water partition coefficient (Wildman–Crippen LogP) is 5.30. The van der Waals surface area contributed by atoms with Crippen LogP contribution in [0.4, 0.5) is 0 Å².